The van der Waals surface area contributed by atoms with Gasteiger partial charge in [-0.25, -0.2) is 14.8 Å². The standard InChI is InChI=1S/C24H20N8O3.C2H4O2/c1-2-14-10-16(11-17-12-34-13-35-20(14)17)19(29-18-6-4-15(5-7-18)21(25)26)22-30-24(33)32(31-22)23-27-8-3-9-28-23;1-2(3)4/h1,3-11,19,29H,12-13H2,(H3,25,26)(H,30,31,33);1H3,(H,3,4). The van der Waals surface area contributed by atoms with Crippen LogP contribution >= 0.6 is 0 Å². The maximum atomic E-state index is 12.7. The molecule has 2 aromatic carbocycles. The van der Waals surface area contributed by atoms with Crippen LogP contribution in [0.25, 0.3) is 5.95 Å². The fraction of sp³-hybridized carbons (Fsp3) is 0.154. The van der Waals surface area contributed by atoms with Crippen LogP contribution in [-0.2, 0) is 16.1 Å². The van der Waals surface area contributed by atoms with Crippen LogP contribution in [0.2, 0.25) is 0 Å². The first-order valence-electron chi connectivity index (χ1n) is 11.5. The van der Waals surface area contributed by atoms with Crippen LogP contribution in [0.3, 0.4) is 0 Å². The van der Waals surface area contributed by atoms with Gasteiger partial charge < -0.3 is 25.6 Å². The Morgan fingerprint density at radius 1 is 1.28 bits per heavy atom. The van der Waals surface area contributed by atoms with E-state index in [0.29, 0.717) is 35.0 Å². The summed E-state index contributed by atoms with van der Waals surface area (Å²) in [5.74, 6) is 2.86. The van der Waals surface area contributed by atoms with E-state index in [1.54, 1.807) is 30.3 Å². The number of carboxylic acids is 1. The van der Waals surface area contributed by atoms with E-state index < -0.39 is 17.7 Å². The maximum absolute atomic E-state index is 12.7. The highest BCUT2D eigenvalue weighted by molar-refractivity contribution is 5.95. The molecule has 1 unspecified atom stereocenters. The smallest absolute Gasteiger partial charge is 0.350 e. The molecule has 13 nitrogen and oxygen atoms in total. The molecule has 0 bridgehead atoms. The first-order valence-corrected chi connectivity index (χ1v) is 11.5. The van der Waals surface area contributed by atoms with Crippen molar-refractivity contribution in [2.24, 2.45) is 5.73 Å². The lowest BCUT2D eigenvalue weighted by atomic mass is 9.98. The van der Waals surface area contributed by atoms with E-state index in [4.69, 9.17) is 36.9 Å². The molecule has 0 saturated carbocycles. The molecule has 13 heteroatoms. The summed E-state index contributed by atoms with van der Waals surface area (Å²) >= 11 is 0. The molecule has 198 valence electrons. The number of carbonyl (C=O) groups is 1. The van der Waals surface area contributed by atoms with E-state index in [1.807, 2.05) is 12.1 Å². The Morgan fingerprint density at radius 2 is 1.97 bits per heavy atom. The Bertz CT molecular complexity index is 1590. The highest BCUT2D eigenvalue weighted by Gasteiger charge is 2.25. The van der Waals surface area contributed by atoms with E-state index in [2.05, 4.69) is 31.3 Å². The van der Waals surface area contributed by atoms with Crippen LogP contribution in [0.5, 0.6) is 5.75 Å². The van der Waals surface area contributed by atoms with Crippen LogP contribution < -0.4 is 21.5 Å². The first kappa shape index (κ1) is 26.6. The quantitative estimate of drug-likeness (QED) is 0.140. The van der Waals surface area contributed by atoms with Gasteiger partial charge >= 0.3 is 5.69 Å². The number of fused-ring (bicyclic) bond motifs is 1. The minimum absolute atomic E-state index is 0.0348. The molecule has 3 heterocycles. The van der Waals surface area contributed by atoms with Gasteiger partial charge in [-0.15, -0.1) is 16.2 Å². The molecule has 1 aliphatic heterocycles. The number of aromatic amines is 1. The molecule has 1 aliphatic rings. The van der Waals surface area contributed by atoms with Crippen LogP contribution in [0.1, 0.15) is 41.0 Å². The SMILES string of the molecule is C#Cc1cc(C(Nc2ccc(C(=N)N)cc2)c2nn(-c3ncccn3)c(=O)[nH]2)cc2c1OCOC2.CC(=O)O. The molecule has 2 aromatic heterocycles. The molecule has 1 atom stereocenters. The normalized spacial score (nSPS) is 12.5. The lowest BCUT2D eigenvalue weighted by Gasteiger charge is -2.23. The number of aromatic nitrogens is 5. The third-order valence-corrected chi connectivity index (χ3v) is 5.38. The monoisotopic (exact) mass is 528 g/mol. The van der Waals surface area contributed by atoms with Gasteiger partial charge in [-0.3, -0.25) is 15.2 Å². The average molecular weight is 529 g/mol. The fourth-order valence-electron chi connectivity index (χ4n) is 3.75. The number of nitrogen functional groups attached to an aromatic ring is 1. The Hall–Kier alpha value is -5.48. The molecule has 0 saturated heterocycles. The first-order chi connectivity index (χ1) is 18.8. The number of nitrogens with one attached hydrogen (secondary N) is 3. The summed E-state index contributed by atoms with van der Waals surface area (Å²) in [7, 11) is 0. The second-order valence-corrected chi connectivity index (χ2v) is 8.18. The number of terminal acetylenes is 1. The molecular weight excluding hydrogens is 504 g/mol. The third kappa shape index (κ3) is 6.27. The van der Waals surface area contributed by atoms with Gasteiger partial charge in [0.05, 0.1) is 12.2 Å². The number of benzene rings is 2. The molecular formula is C26H24N8O5. The van der Waals surface area contributed by atoms with E-state index in [9.17, 15) is 4.79 Å². The number of amidine groups is 1. The predicted octanol–water partition coefficient (Wildman–Crippen LogP) is 1.77. The molecule has 0 spiro atoms. The van der Waals surface area contributed by atoms with Crippen molar-refractivity contribution in [3.05, 3.63) is 93.4 Å². The van der Waals surface area contributed by atoms with E-state index >= 15 is 0 Å². The summed E-state index contributed by atoms with van der Waals surface area (Å²) in [5, 5.41) is 22.9. The van der Waals surface area contributed by atoms with E-state index in [0.717, 1.165) is 22.7 Å². The van der Waals surface area contributed by atoms with Crippen molar-refractivity contribution >= 4 is 17.5 Å². The van der Waals surface area contributed by atoms with Gasteiger partial charge in [0, 0.05) is 36.1 Å². The largest absolute Gasteiger partial charge is 0.481 e. The summed E-state index contributed by atoms with van der Waals surface area (Å²) in [6.07, 6.45) is 8.82. The number of nitrogens with zero attached hydrogens (tertiary/aromatic N) is 4. The Kier molecular flexibility index (Phi) is 7.98. The summed E-state index contributed by atoms with van der Waals surface area (Å²) in [4.78, 5) is 32.7. The number of hydrogen-bond donors (Lipinski definition) is 5. The van der Waals surface area contributed by atoms with Crippen molar-refractivity contribution in [3.8, 4) is 24.0 Å². The number of H-pyrrole nitrogens is 1. The maximum Gasteiger partial charge on any atom is 0.350 e. The molecule has 0 fully saturated rings. The van der Waals surface area contributed by atoms with Crippen molar-refractivity contribution < 1.29 is 19.4 Å². The number of nitrogens with two attached hydrogens (primary N) is 1. The Labute approximate surface area is 222 Å². The molecule has 0 radical (unpaired) electrons. The number of ether oxygens (including phenoxy) is 2. The van der Waals surface area contributed by atoms with Crippen LogP contribution in [0, 0.1) is 17.8 Å². The second kappa shape index (κ2) is 11.7. The van der Waals surface area contributed by atoms with Crippen molar-refractivity contribution in [2.45, 2.75) is 19.6 Å². The number of rotatable bonds is 6. The second-order valence-electron chi connectivity index (χ2n) is 8.18. The van der Waals surface area contributed by atoms with Gasteiger partial charge in [0.25, 0.3) is 11.9 Å². The molecule has 5 rings (SSSR count). The Morgan fingerprint density at radius 3 is 2.62 bits per heavy atom. The summed E-state index contributed by atoms with van der Waals surface area (Å²) in [6, 6.07) is 11.8. The zero-order chi connectivity index (χ0) is 27.9. The Balaban J connectivity index is 0.000000826. The zero-order valence-electron chi connectivity index (χ0n) is 20.7. The summed E-state index contributed by atoms with van der Waals surface area (Å²) in [6.45, 7) is 1.54. The number of hydrogen-bond acceptors (Lipinski definition) is 9. The van der Waals surface area contributed by atoms with E-state index in [-0.39, 0.29) is 18.6 Å². The molecule has 39 heavy (non-hydrogen) atoms. The highest BCUT2D eigenvalue weighted by Crippen LogP contribution is 2.34. The lowest BCUT2D eigenvalue weighted by molar-refractivity contribution is -0.134. The van der Waals surface area contributed by atoms with Gasteiger partial charge in [0.1, 0.15) is 17.6 Å². The topological polar surface area (TPSA) is 194 Å². The van der Waals surface area contributed by atoms with Crippen molar-refractivity contribution in [2.75, 3.05) is 12.1 Å². The van der Waals surface area contributed by atoms with Crippen molar-refractivity contribution in [1.82, 2.24) is 24.7 Å². The van der Waals surface area contributed by atoms with Gasteiger partial charge in [0.15, 0.2) is 12.6 Å². The lowest BCUT2D eigenvalue weighted by Crippen LogP contribution is -2.18. The number of carboxylic acid groups (broad SMARTS) is 1. The summed E-state index contributed by atoms with van der Waals surface area (Å²) in [5.41, 5.74) is 8.46. The number of aliphatic carboxylic acids is 1. The third-order valence-electron chi connectivity index (χ3n) is 5.38. The summed E-state index contributed by atoms with van der Waals surface area (Å²) < 4.78 is 12.1. The van der Waals surface area contributed by atoms with Crippen LogP contribution in [0.4, 0.5) is 5.69 Å². The van der Waals surface area contributed by atoms with Gasteiger partial charge in [-0.2, -0.15) is 0 Å². The average Bonchev–Trinajstić information content (AvgIpc) is 3.32. The van der Waals surface area contributed by atoms with Gasteiger partial charge in [0.2, 0.25) is 0 Å². The van der Waals surface area contributed by atoms with Crippen LogP contribution in [0.15, 0.2) is 59.7 Å². The highest BCUT2D eigenvalue weighted by atomic mass is 16.7. The van der Waals surface area contributed by atoms with Crippen LogP contribution in [-0.4, -0.2) is 48.4 Å². The minimum Gasteiger partial charge on any atom is -0.481 e. The number of anilines is 1. The fourth-order valence-corrected chi connectivity index (χ4v) is 3.75. The molecule has 0 amide bonds. The predicted molar refractivity (Wildman–Crippen MR) is 141 cm³/mol. The van der Waals surface area contributed by atoms with Gasteiger partial charge in [-0.05, 0) is 48.0 Å². The van der Waals surface area contributed by atoms with Crippen molar-refractivity contribution in [3.63, 3.8) is 0 Å². The molecule has 6 N–H and O–H groups in total. The van der Waals surface area contributed by atoms with Crippen molar-refractivity contribution in [1.29, 1.82) is 5.41 Å². The minimum atomic E-state index is -0.833. The molecule has 0 aliphatic carbocycles. The zero-order valence-corrected chi connectivity index (χ0v) is 20.7. The van der Waals surface area contributed by atoms with Gasteiger partial charge in [-0.1, -0.05) is 5.92 Å². The molecule has 4 aromatic rings. The van der Waals surface area contributed by atoms with E-state index in [1.165, 1.54) is 12.4 Å².